The van der Waals surface area contributed by atoms with Crippen molar-refractivity contribution >= 4 is 35.6 Å². The standard InChI is InChI=1S/C11H14ClN3O2S/c1-3-4-13-9(17)6-18-11-8(5-16)10(12)14-7(2)15-11/h5H,3-4,6H2,1-2H3,(H,13,17). The summed E-state index contributed by atoms with van der Waals surface area (Å²) in [6.07, 6.45) is 1.49. The minimum Gasteiger partial charge on any atom is -0.355 e. The molecule has 0 saturated heterocycles. The van der Waals surface area contributed by atoms with Gasteiger partial charge in [-0.3, -0.25) is 9.59 Å². The molecule has 0 aromatic carbocycles. The molecule has 1 aromatic heterocycles. The van der Waals surface area contributed by atoms with E-state index in [0.29, 0.717) is 23.7 Å². The van der Waals surface area contributed by atoms with Crippen LogP contribution in [0.3, 0.4) is 0 Å². The van der Waals surface area contributed by atoms with Crippen LogP contribution < -0.4 is 5.32 Å². The molecule has 0 aliphatic carbocycles. The maximum Gasteiger partial charge on any atom is 0.230 e. The summed E-state index contributed by atoms with van der Waals surface area (Å²) in [5.41, 5.74) is 0.232. The van der Waals surface area contributed by atoms with E-state index in [0.717, 1.165) is 6.42 Å². The number of nitrogens with zero attached hydrogens (tertiary/aromatic N) is 2. The Kier molecular flexibility index (Phi) is 6.07. The highest BCUT2D eigenvalue weighted by atomic mass is 35.5. The molecule has 0 spiro atoms. The van der Waals surface area contributed by atoms with E-state index in [9.17, 15) is 9.59 Å². The van der Waals surface area contributed by atoms with Gasteiger partial charge in [-0.15, -0.1) is 0 Å². The molecule has 1 N–H and O–H groups in total. The Bertz CT molecular complexity index is 454. The second-order valence-corrected chi connectivity index (χ2v) is 4.86. The zero-order valence-corrected chi connectivity index (χ0v) is 11.8. The Morgan fingerprint density at radius 2 is 2.22 bits per heavy atom. The number of aromatic nitrogens is 2. The molecule has 1 heterocycles. The lowest BCUT2D eigenvalue weighted by molar-refractivity contribution is -0.118. The minimum absolute atomic E-state index is 0.0916. The van der Waals surface area contributed by atoms with Crippen molar-refractivity contribution in [1.82, 2.24) is 15.3 Å². The van der Waals surface area contributed by atoms with Gasteiger partial charge in [0.25, 0.3) is 0 Å². The first-order chi connectivity index (χ1) is 8.58. The van der Waals surface area contributed by atoms with Crippen LogP contribution in [0.15, 0.2) is 5.03 Å². The third-order valence-corrected chi connectivity index (χ3v) is 3.29. The molecule has 0 atom stereocenters. The molecule has 5 nitrogen and oxygen atoms in total. The van der Waals surface area contributed by atoms with Gasteiger partial charge < -0.3 is 5.32 Å². The van der Waals surface area contributed by atoms with Gasteiger partial charge in [0.05, 0.1) is 11.3 Å². The van der Waals surface area contributed by atoms with Crippen molar-refractivity contribution < 1.29 is 9.59 Å². The van der Waals surface area contributed by atoms with Gasteiger partial charge in [-0.05, 0) is 13.3 Å². The van der Waals surface area contributed by atoms with Crippen LogP contribution in [0, 0.1) is 6.92 Å². The van der Waals surface area contributed by atoms with E-state index in [-0.39, 0.29) is 22.4 Å². The number of halogens is 1. The van der Waals surface area contributed by atoms with Crippen LogP contribution in [0.5, 0.6) is 0 Å². The zero-order valence-electron chi connectivity index (χ0n) is 10.2. The molecule has 0 bridgehead atoms. The smallest absolute Gasteiger partial charge is 0.230 e. The molecule has 0 saturated carbocycles. The van der Waals surface area contributed by atoms with Crippen LogP contribution in [0.25, 0.3) is 0 Å². The molecule has 0 radical (unpaired) electrons. The van der Waals surface area contributed by atoms with E-state index < -0.39 is 0 Å². The van der Waals surface area contributed by atoms with Crippen molar-refractivity contribution in [2.45, 2.75) is 25.3 Å². The average Bonchev–Trinajstić information content (AvgIpc) is 2.33. The molecule has 18 heavy (non-hydrogen) atoms. The second-order valence-electron chi connectivity index (χ2n) is 3.54. The predicted molar refractivity (Wildman–Crippen MR) is 71.2 cm³/mol. The summed E-state index contributed by atoms with van der Waals surface area (Å²) >= 11 is 7.02. The van der Waals surface area contributed by atoms with Crippen molar-refractivity contribution in [3.05, 3.63) is 16.5 Å². The number of amides is 1. The van der Waals surface area contributed by atoms with Crippen molar-refractivity contribution in [2.75, 3.05) is 12.3 Å². The predicted octanol–water partition coefficient (Wildman–Crippen LogP) is 1.87. The second kappa shape index (κ2) is 7.33. The van der Waals surface area contributed by atoms with Gasteiger partial charge in [0.2, 0.25) is 5.91 Å². The lowest BCUT2D eigenvalue weighted by Gasteiger charge is -2.06. The summed E-state index contributed by atoms with van der Waals surface area (Å²) in [4.78, 5) is 30.4. The first kappa shape index (κ1) is 14.9. The Morgan fingerprint density at radius 1 is 1.50 bits per heavy atom. The fourth-order valence-electron chi connectivity index (χ4n) is 1.18. The highest BCUT2D eigenvalue weighted by Crippen LogP contribution is 2.23. The van der Waals surface area contributed by atoms with Gasteiger partial charge in [-0.1, -0.05) is 30.3 Å². The molecule has 98 valence electrons. The zero-order chi connectivity index (χ0) is 13.5. The largest absolute Gasteiger partial charge is 0.355 e. The summed E-state index contributed by atoms with van der Waals surface area (Å²) < 4.78 is 0. The molecule has 7 heteroatoms. The fraction of sp³-hybridized carbons (Fsp3) is 0.455. The highest BCUT2D eigenvalue weighted by molar-refractivity contribution is 8.00. The van der Waals surface area contributed by atoms with Crippen molar-refractivity contribution in [3.63, 3.8) is 0 Å². The van der Waals surface area contributed by atoms with Crippen LogP contribution >= 0.6 is 23.4 Å². The van der Waals surface area contributed by atoms with Crippen LogP contribution in [-0.2, 0) is 4.79 Å². The lowest BCUT2D eigenvalue weighted by atomic mass is 10.4. The normalized spacial score (nSPS) is 10.2. The van der Waals surface area contributed by atoms with Crippen LogP contribution in [0.1, 0.15) is 29.5 Å². The van der Waals surface area contributed by atoms with E-state index in [4.69, 9.17) is 11.6 Å². The summed E-state index contributed by atoms with van der Waals surface area (Å²) in [7, 11) is 0. The lowest BCUT2D eigenvalue weighted by Crippen LogP contribution is -2.25. The van der Waals surface area contributed by atoms with E-state index in [2.05, 4.69) is 15.3 Å². The molecule has 1 aromatic rings. The van der Waals surface area contributed by atoms with E-state index in [1.54, 1.807) is 6.92 Å². The molecule has 1 amide bonds. The quantitative estimate of drug-likeness (QED) is 0.491. The highest BCUT2D eigenvalue weighted by Gasteiger charge is 2.13. The van der Waals surface area contributed by atoms with Crippen molar-refractivity contribution in [1.29, 1.82) is 0 Å². The number of hydrogen-bond acceptors (Lipinski definition) is 5. The Hall–Kier alpha value is -1.14. The van der Waals surface area contributed by atoms with Crippen molar-refractivity contribution in [2.24, 2.45) is 0 Å². The monoisotopic (exact) mass is 287 g/mol. The Labute approximate surface area is 115 Å². The Morgan fingerprint density at radius 3 is 2.83 bits per heavy atom. The summed E-state index contributed by atoms with van der Waals surface area (Å²) in [5, 5.41) is 3.30. The Balaban J connectivity index is 2.72. The number of carbonyl (C=O) groups is 2. The van der Waals surface area contributed by atoms with Gasteiger partial charge in [-0.2, -0.15) is 0 Å². The number of carbonyl (C=O) groups excluding carboxylic acids is 2. The van der Waals surface area contributed by atoms with Gasteiger partial charge >= 0.3 is 0 Å². The third kappa shape index (κ3) is 4.27. The molecular formula is C11H14ClN3O2S. The van der Waals surface area contributed by atoms with E-state index in [1.807, 2.05) is 6.92 Å². The summed E-state index contributed by atoms with van der Waals surface area (Å²) in [6.45, 7) is 4.30. The maximum absolute atomic E-state index is 11.4. The molecule has 0 aliphatic heterocycles. The SMILES string of the molecule is CCCNC(=O)CSc1nc(C)nc(Cl)c1C=O. The number of hydrogen-bond donors (Lipinski definition) is 1. The number of thioether (sulfide) groups is 1. The molecule has 0 unspecified atom stereocenters. The van der Waals surface area contributed by atoms with Crippen LogP contribution in [-0.4, -0.2) is 34.5 Å². The topological polar surface area (TPSA) is 72.0 Å². The minimum atomic E-state index is -0.0916. The maximum atomic E-state index is 11.4. The molecule has 0 aliphatic rings. The first-order valence-corrected chi connectivity index (χ1v) is 6.83. The molecule has 1 rings (SSSR count). The van der Waals surface area contributed by atoms with E-state index in [1.165, 1.54) is 11.8 Å². The number of aryl methyl sites for hydroxylation is 1. The fourth-order valence-corrected chi connectivity index (χ4v) is 2.36. The van der Waals surface area contributed by atoms with Crippen LogP contribution in [0.4, 0.5) is 0 Å². The summed E-state index contributed by atoms with van der Waals surface area (Å²) in [6, 6.07) is 0. The number of rotatable bonds is 6. The molecule has 0 fully saturated rings. The number of aldehydes is 1. The first-order valence-electron chi connectivity index (χ1n) is 5.47. The molecular weight excluding hydrogens is 274 g/mol. The van der Waals surface area contributed by atoms with Crippen molar-refractivity contribution in [3.8, 4) is 0 Å². The van der Waals surface area contributed by atoms with Gasteiger partial charge in [0.15, 0.2) is 6.29 Å². The van der Waals surface area contributed by atoms with Gasteiger partial charge in [-0.25, -0.2) is 9.97 Å². The van der Waals surface area contributed by atoms with Gasteiger partial charge in [0.1, 0.15) is 16.0 Å². The number of nitrogens with one attached hydrogen (secondary N) is 1. The van der Waals surface area contributed by atoms with E-state index >= 15 is 0 Å². The van der Waals surface area contributed by atoms with Crippen LogP contribution in [0.2, 0.25) is 5.15 Å². The average molecular weight is 288 g/mol. The van der Waals surface area contributed by atoms with Gasteiger partial charge in [0, 0.05) is 6.54 Å². The third-order valence-electron chi connectivity index (χ3n) is 2.01. The summed E-state index contributed by atoms with van der Waals surface area (Å²) in [5.74, 6) is 0.585.